The summed E-state index contributed by atoms with van der Waals surface area (Å²) >= 11 is 0. The molecule has 24 heavy (non-hydrogen) atoms. The number of fused-ring (bicyclic) bond motifs is 1. The molecule has 2 aromatic carbocycles. The zero-order chi connectivity index (χ0) is 17.1. The fourth-order valence-electron chi connectivity index (χ4n) is 2.60. The smallest absolute Gasteiger partial charge is 0.262 e. The molecule has 1 aliphatic rings. The lowest BCUT2D eigenvalue weighted by atomic mass is 10.1. The van der Waals surface area contributed by atoms with Crippen LogP contribution < -0.4 is 15.4 Å². The van der Waals surface area contributed by atoms with Crippen LogP contribution in [-0.2, 0) is 16.0 Å². The normalized spacial score (nSPS) is 12.8. The van der Waals surface area contributed by atoms with Crippen molar-refractivity contribution in [3.63, 3.8) is 0 Å². The summed E-state index contributed by atoms with van der Waals surface area (Å²) in [5.74, 6) is -0.347. The first-order chi connectivity index (χ1) is 11.5. The molecular weight excluding hydrogens is 311 g/mol. The van der Waals surface area contributed by atoms with E-state index in [9.17, 15) is 14.0 Å². The van der Waals surface area contributed by atoms with Crippen molar-refractivity contribution < 1.29 is 18.7 Å². The van der Waals surface area contributed by atoms with E-state index in [0.717, 1.165) is 5.56 Å². The molecule has 2 amide bonds. The average Bonchev–Trinajstić information content (AvgIpc) is 2.53. The van der Waals surface area contributed by atoms with E-state index in [1.807, 2.05) is 6.92 Å². The Morgan fingerprint density at radius 3 is 2.92 bits per heavy atom. The number of hydrogen-bond acceptors (Lipinski definition) is 3. The van der Waals surface area contributed by atoms with Crippen LogP contribution in [0.25, 0.3) is 0 Å². The molecule has 5 nitrogen and oxygen atoms in total. The van der Waals surface area contributed by atoms with Gasteiger partial charge in [-0.25, -0.2) is 4.39 Å². The van der Waals surface area contributed by atoms with Crippen molar-refractivity contribution in [3.8, 4) is 5.75 Å². The highest BCUT2D eigenvalue weighted by atomic mass is 19.1. The molecule has 0 radical (unpaired) electrons. The second-order valence-corrected chi connectivity index (χ2v) is 5.67. The van der Waals surface area contributed by atoms with Crippen LogP contribution in [0.4, 0.5) is 15.8 Å². The lowest BCUT2D eigenvalue weighted by Gasteiger charge is -2.21. The van der Waals surface area contributed by atoms with Crippen molar-refractivity contribution in [2.45, 2.75) is 19.8 Å². The lowest BCUT2D eigenvalue weighted by molar-refractivity contribution is -0.118. The summed E-state index contributed by atoms with van der Waals surface area (Å²) in [7, 11) is 0. The van der Waals surface area contributed by atoms with Gasteiger partial charge in [-0.2, -0.15) is 0 Å². The maximum Gasteiger partial charge on any atom is 0.262 e. The zero-order valence-electron chi connectivity index (χ0n) is 13.2. The van der Waals surface area contributed by atoms with Gasteiger partial charge in [0, 0.05) is 6.42 Å². The molecule has 0 saturated heterocycles. The number of carbonyl (C=O) groups is 2. The predicted molar refractivity (Wildman–Crippen MR) is 88.7 cm³/mol. The van der Waals surface area contributed by atoms with Gasteiger partial charge in [0.1, 0.15) is 5.82 Å². The summed E-state index contributed by atoms with van der Waals surface area (Å²) in [5.41, 5.74) is 2.42. The summed E-state index contributed by atoms with van der Waals surface area (Å²) in [6.07, 6.45) is 0.458. The topological polar surface area (TPSA) is 67.4 Å². The first-order valence-corrected chi connectivity index (χ1v) is 7.63. The number of hydrogen-bond donors (Lipinski definition) is 2. The van der Waals surface area contributed by atoms with Gasteiger partial charge >= 0.3 is 0 Å². The molecule has 0 bridgehead atoms. The standard InChI is InChI=1S/C18H17FN2O3/c1-11-8-14(18-15(9-11)21-17(23)10-24-18)20-16(22)7-6-12-4-2-3-5-13(12)19/h2-5,8-9H,6-7,10H2,1H3,(H,20,22)(H,21,23). The monoisotopic (exact) mass is 328 g/mol. The van der Waals surface area contributed by atoms with Gasteiger partial charge in [-0.3, -0.25) is 9.59 Å². The number of benzene rings is 2. The van der Waals surface area contributed by atoms with Crippen LogP contribution in [0.1, 0.15) is 17.5 Å². The maximum atomic E-state index is 13.6. The minimum Gasteiger partial charge on any atom is -0.479 e. The number of rotatable bonds is 4. The Bertz CT molecular complexity index is 805. The minimum absolute atomic E-state index is 0.0891. The van der Waals surface area contributed by atoms with Crippen LogP contribution >= 0.6 is 0 Å². The quantitative estimate of drug-likeness (QED) is 0.906. The summed E-state index contributed by atoms with van der Waals surface area (Å²) in [4.78, 5) is 23.6. The molecule has 6 heteroatoms. The third-order valence-electron chi connectivity index (χ3n) is 3.71. The number of anilines is 2. The highest BCUT2D eigenvalue weighted by molar-refractivity contribution is 6.00. The Morgan fingerprint density at radius 1 is 1.33 bits per heavy atom. The third kappa shape index (κ3) is 3.53. The zero-order valence-corrected chi connectivity index (χ0v) is 13.2. The van der Waals surface area contributed by atoms with Gasteiger partial charge in [0.2, 0.25) is 5.91 Å². The first-order valence-electron chi connectivity index (χ1n) is 7.63. The van der Waals surface area contributed by atoms with E-state index in [2.05, 4.69) is 10.6 Å². The second-order valence-electron chi connectivity index (χ2n) is 5.67. The number of aryl methyl sites for hydroxylation is 2. The van der Waals surface area contributed by atoms with Crippen LogP contribution in [0.5, 0.6) is 5.75 Å². The summed E-state index contributed by atoms with van der Waals surface area (Å²) in [6.45, 7) is 1.77. The molecule has 0 fully saturated rings. The molecule has 1 heterocycles. The Labute approximate surface area is 138 Å². The van der Waals surface area contributed by atoms with Gasteiger partial charge in [-0.15, -0.1) is 0 Å². The molecule has 2 aromatic rings. The van der Waals surface area contributed by atoms with Gasteiger partial charge in [-0.1, -0.05) is 18.2 Å². The van der Waals surface area contributed by atoms with E-state index in [-0.39, 0.29) is 30.7 Å². The summed E-state index contributed by atoms with van der Waals surface area (Å²) in [5, 5.41) is 5.49. The van der Waals surface area contributed by atoms with Gasteiger partial charge in [0.25, 0.3) is 5.91 Å². The fourth-order valence-corrected chi connectivity index (χ4v) is 2.60. The van der Waals surface area contributed by atoms with Gasteiger partial charge in [0.15, 0.2) is 12.4 Å². The van der Waals surface area contributed by atoms with Crippen LogP contribution in [0.15, 0.2) is 36.4 Å². The van der Waals surface area contributed by atoms with Gasteiger partial charge < -0.3 is 15.4 Å². The van der Waals surface area contributed by atoms with E-state index in [0.29, 0.717) is 29.1 Å². The predicted octanol–water partition coefficient (Wildman–Crippen LogP) is 3.04. The molecule has 2 N–H and O–H groups in total. The van der Waals surface area contributed by atoms with E-state index < -0.39 is 0 Å². The Morgan fingerprint density at radius 2 is 2.12 bits per heavy atom. The van der Waals surface area contributed by atoms with Crippen LogP contribution in [0.2, 0.25) is 0 Å². The number of halogens is 1. The van der Waals surface area contributed by atoms with Crippen molar-refractivity contribution in [2.24, 2.45) is 0 Å². The number of carbonyl (C=O) groups excluding carboxylic acids is 2. The van der Waals surface area contributed by atoms with E-state index in [1.54, 1.807) is 30.3 Å². The minimum atomic E-state index is -0.315. The maximum absolute atomic E-state index is 13.6. The van der Waals surface area contributed by atoms with E-state index in [1.165, 1.54) is 6.07 Å². The van der Waals surface area contributed by atoms with E-state index in [4.69, 9.17) is 4.74 Å². The summed E-state index contributed by atoms with van der Waals surface area (Å²) < 4.78 is 19.0. The van der Waals surface area contributed by atoms with Crippen molar-refractivity contribution in [2.75, 3.05) is 17.2 Å². The van der Waals surface area contributed by atoms with E-state index >= 15 is 0 Å². The molecule has 3 rings (SSSR count). The van der Waals surface area contributed by atoms with Gasteiger partial charge in [-0.05, 0) is 42.7 Å². The molecule has 0 unspecified atom stereocenters. The molecule has 0 saturated carbocycles. The second kappa shape index (κ2) is 6.70. The van der Waals surface area contributed by atoms with Crippen molar-refractivity contribution in [1.29, 1.82) is 0 Å². The number of nitrogens with one attached hydrogen (secondary N) is 2. The summed E-state index contributed by atoms with van der Waals surface area (Å²) in [6, 6.07) is 9.95. The van der Waals surface area contributed by atoms with Crippen molar-refractivity contribution >= 4 is 23.2 Å². The highest BCUT2D eigenvalue weighted by Gasteiger charge is 2.21. The van der Waals surface area contributed by atoms with Crippen LogP contribution in [0.3, 0.4) is 0 Å². The molecule has 124 valence electrons. The molecule has 1 aliphatic heterocycles. The fraction of sp³-hybridized carbons (Fsp3) is 0.222. The lowest BCUT2D eigenvalue weighted by Crippen LogP contribution is -2.26. The first kappa shape index (κ1) is 16.0. The highest BCUT2D eigenvalue weighted by Crippen LogP contribution is 2.37. The third-order valence-corrected chi connectivity index (χ3v) is 3.71. The molecule has 0 aliphatic carbocycles. The number of ether oxygens (including phenoxy) is 1. The van der Waals surface area contributed by atoms with Crippen LogP contribution in [-0.4, -0.2) is 18.4 Å². The number of amides is 2. The Hall–Kier alpha value is -2.89. The van der Waals surface area contributed by atoms with Crippen molar-refractivity contribution in [3.05, 3.63) is 53.3 Å². The SMILES string of the molecule is Cc1cc(NC(=O)CCc2ccccc2F)c2c(c1)NC(=O)CO2. The largest absolute Gasteiger partial charge is 0.479 e. The van der Waals surface area contributed by atoms with Crippen molar-refractivity contribution in [1.82, 2.24) is 0 Å². The molecule has 0 spiro atoms. The Balaban J connectivity index is 1.71. The Kier molecular flexibility index (Phi) is 4.46. The molecule has 0 aromatic heterocycles. The molecule has 0 atom stereocenters. The van der Waals surface area contributed by atoms with Gasteiger partial charge in [0.05, 0.1) is 11.4 Å². The average molecular weight is 328 g/mol. The van der Waals surface area contributed by atoms with Crippen LogP contribution in [0, 0.1) is 12.7 Å². The molecular formula is C18H17FN2O3.